The van der Waals surface area contributed by atoms with Gasteiger partial charge in [0.2, 0.25) is 0 Å². The Hall–Kier alpha value is -2.19. The van der Waals surface area contributed by atoms with Crippen LogP contribution in [0.3, 0.4) is 0 Å². The van der Waals surface area contributed by atoms with Gasteiger partial charge in [-0.25, -0.2) is 4.79 Å². The third-order valence-corrected chi connectivity index (χ3v) is 9.82. The highest BCUT2D eigenvalue weighted by Gasteiger charge is 2.31. The van der Waals surface area contributed by atoms with E-state index >= 15 is 0 Å². The first kappa shape index (κ1) is 50.8. The van der Waals surface area contributed by atoms with Gasteiger partial charge in [-0.3, -0.25) is 9.59 Å². The Balaban J connectivity index is 4.30. The lowest BCUT2D eigenvalue weighted by Crippen LogP contribution is -2.50. The number of aliphatic carboxylic acids is 1. The summed E-state index contributed by atoms with van der Waals surface area (Å²) in [5.41, 5.74) is 0. The number of carboxylic acid groups (broad SMARTS) is 1. The quantitative estimate of drug-likeness (QED) is 0.0289. The summed E-state index contributed by atoms with van der Waals surface area (Å²) < 4.78 is 17.2. The number of allylic oxidation sites excluding steroid dienone is 4. The lowest BCUT2D eigenvalue weighted by molar-refractivity contribution is -0.887. The van der Waals surface area contributed by atoms with Gasteiger partial charge in [0.15, 0.2) is 12.1 Å². The second kappa shape index (κ2) is 36.8. The van der Waals surface area contributed by atoms with Gasteiger partial charge in [-0.15, -0.1) is 0 Å². The fraction of sp³-hybridized carbons (Fsp3) is 0.844. The molecular formula is C45H84NO7+. The molecule has 0 radical (unpaired) electrons. The number of carboxylic acids is 1. The number of quaternary nitrogens is 1. The second-order valence-electron chi connectivity index (χ2n) is 15.9. The smallest absolute Gasteiger partial charge is 0.362 e. The van der Waals surface area contributed by atoms with E-state index in [9.17, 15) is 19.5 Å². The van der Waals surface area contributed by atoms with Crippen LogP contribution in [0.1, 0.15) is 194 Å². The van der Waals surface area contributed by atoms with Gasteiger partial charge < -0.3 is 23.8 Å². The summed E-state index contributed by atoms with van der Waals surface area (Å²) in [5, 5.41) is 9.60. The summed E-state index contributed by atoms with van der Waals surface area (Å²) in [7, 11) is 5.52. The zero-order valence-corrected chi connectivity index (χ0v) is 35.2. The first-order chi connectivity index (χ1) is 25.6. The Morgan fingerprint density at radius 2 is 0.962 bits per heavy atom. The maximum Gasteiger partial charge on any atom is 0.362 e. The Bertz CT molecular complexity index is 926. The zero-order chi connectivity index (χ0) is 39.3. The van der Waals surface area contributed by atoms with Crippen LogP contribution in [-0.4, -0.2) is 80.6 Å². The molecule has 0 bridgehead atoms. The van der Waals surface area contributed by atoms with Gasteiger partial charge in [-0.1, -0.05) is 141 Å². The molecule has 0 aliphatic heterocycles. The van der Waals surface area contributed by atoms with Crippen LogP contribution in [0.25, 0.3) is 0 Å². The van der Waals surface area contributed by atoms with Crippen molar-refractivity contribution >= 4 is 17.9 Å². The van der Waals surface area contributed by atoms with E-state index in [1.807, 2.05) is 21.1 Å². The third kappa shape index (κ3) is 35.3. The van der Waals surface area contributed by atoms with Crippen LogP contribution in [0.15, 0.2) is 24.3 Å². The highest BCUT2D eigenvalue weighted by atomic mass is 16.6. The van der Waals surface area contributed by atoms with Gasteiger partial charge in [0, 0.05) is 19.3 Å². The first-order valence-corrected chi connectivity index (χ1v) is 21.9. The Morgan fingerprint density at radius 3 is 1.42 bits per heavy atom. The normalized spacial score (nSPS) is 13.2. The monoisotopic (exact) mass is 751 g/mol. The van der Waals surface area contributed by atoms with E-state index in [1.165, 1.54) is 103 Å². The Morgan fingerprint density at radius 1 is 0.547 bits per heavy atom. The predicted octanol–water partition coefficient (Wildman–Crippen LogP) is 11.7. The van der Waals surface area contributed by atoms with Crippen molar-refractivity contribution in [3.8, 4) is 0 Å². The van der Waals surface area contributed by atoms with E-state index in [0.717, 1.165) is 57.8 Å². The molecule has 0 amide bonds. The summed E-state index contributed by atoms with van der Waals surface area (Å²) in [6.07, 6.45) is 39.4. The summed E-state index contributed by atoms with van der Waals surface area (Å²) in [6, 6.07) is -0.614. The molecule has 0 aromatic carbocycles. The fourth-order valence-electron chi connectivity index (χ4n) is 6.36. The van der Waals surface area contributed by atoms with Gasteiger partial charge in [-0.2, -0.15) is 0 Å². The molecule has 0 fully saturated rings. The molecule has 0 aliphatic carbocycles. The summed E-state index contributed by atoms with van der Waals surface area (Å²) in [5.74, 6) is -1.48. The maximum atomic E-state index is 12.7. The molecule has 2 unspecified atom stereocenters. The number of hydrogen-bond acceptors (Lipinski definition) is 6. The van der Waals surface area contributed by atoms with E-state index in [2.05, 4.69) is 38.2 Å². The topological polar surface area (TPSA) is 99.1 Å². The standard InChI is InChI=1S/C45H83NO7/c1-6-8-10-12-14-16-18-19-20-21-22-23-24-25-26-28-30-32-34-36-44(48)53-41(39-51-38-37-42(45(49)50)46(3,4)5)40-52-43(47)35-33-31-29-27-17-15-13-11-9-7-2/h13,15,21-22,41-42H,6-12,14,16-20,23-40H2,1-5H3/p+1/b15-13+,22-21+. The van der Waals surface area contributed by atoms with Crippen LogP contribution in [0, 0.1) is 0 Å². The summed E-state index contributed by atoms with van der Waals surface area (Å²) in [4.78, 5) is 36.9. The molecule has 53 heavy (non-hydrogen) atoms. The van der Waals surface area contributed by atoms with Gasteiger partial charge >= 0.3 is 17.9 Å². The van der Waals surface area contributed by atoms with Crippen LogP contribution >= 0.6 is 0 Å². The molecule has 0 heterocycles. The average molecular weight is 751 g/mol. The van der Waals surface area contributed by atoms with Gasteiger partial charge in [0.25, 0.3) is 0 Å². The molecule has 8 heteroatoms. The lowest BCUT2D eigenvalue weighted by atomic mass is 10.1. The second-order valence-corrected chi connectivity index (χ2v) is 15.9. The predicted molar refractivity (Wildman–Crippen MR) is 220 cm³/mol. The highest BCUT2D eigenvalue weighted by molar-refractivity contribution is 5.72. The van der Waals surface area contributed by atoms with Gasteiger partial charge in [0.1, 0.15) is 6.61 Å². The molecule has 0 spiro atoms. The lowest BCUT2D eigenvalue weighted by Gasteiger charge is -2.31. The number of likely N-dealkylation sites (N-methyl/N-ethyl adjacent to an activating group) is 1. The van der Waals surface area contributed by atoms with Crippen molar-refractivity contribution in [3.63, 3.8) is 0 Å². The average Bonchev–Trinajstić information content (AvgIpc) is 3.11. The molecule has 0 saturated carbocycles. The maximum absolute atomic E-state index is 12.7. The number of unbranched alkanes of at least 4 members (excludes halogenated alkanes) is 21. The SMILES string of the molecule is CCCC/C=C/CCCCCCC(=O)OCC(COCCC(C(=O)O)[N+](C)(C)C)OC(=O)CCCCCCCCC/C=C/CCCCCCCCCC. The zero-order valence-electron chi connectivity index (χ0n) is 35.2. The third-order valence-electron chi connectivity index (χ3n) is 9.82. The molecule has 0 rings (SSSR count). The molecule has 310 valence electrons. The number of ether oxygens (including phenoxy) is 3. The van der Waals surface area contributed by atoms with Crippen molar-refractivity contribution < 1.29 is 38.2 Å². The molecule has 2 atom stereocenters. The van der Waals surface area contributed by atoms with E-state index in [-0.39, 0.29) is 36.2 Å². The van der Waals surface area contributed by atoms with E-state index in [0.29, 0.717) is 19.3 Å². The summed E-state index contributed by atoms with van der Waals surface area (Å²) in [6.45, 7) is 4.68. The number of carbonyl (C=O) groups excluding carboxylic acids is 2. The van der Waals surface area contributed by atoms with Crippen LogP contribution < -0.4 is 0 Å². The van der Waals surface area contributed by atoms with Crippen LogP contribution in [0.4, 0.5) is 0 Å². The van der Waals surface area contributed by atoms with E-state index in [1.54, 1.807) is 0 Å². The van der Waals surface area contributed by atoms with Crippen LogP contribution in [-0.2, 0) is 28.6 Å². The van der Waals surface area contributed by atoms with Crippen molar-refractivity contribution in [3.05, 3.63) is 24.3 Å². The minimum absolute atomic E-state index is 0.0563. The molecule has 0 aromatic heterocycles. The van der Waals surface area contributed by atoms with E-state index in [4.69, 9.17) is 14.2 Å². The Kier molecular flexibility index (Phi) is 35.2. The van der Waals surface area contributed by atoms with Gasteiger partial charge in [-0.05, 0) is 57.8 Å². The van der Waals surface area contributed by atoms with Crippen molar-refractivity contribution in [1.82, 2.24) is 0 Å². The minimum Gasteiger partial charge on any atom is -0.477 e. The van der Waals surface area contributed by atoms with Crippen LogP contribution in [0.2, 0.25) is 0 Å². The fourth-order valence-corrected chi connectivity index (χ4v) is 6.36. The number of hydrogen-bond donors (Lipinski definition) is 1. The van der Waals surface area contributed by atoms with E-state index < -0.39 is 18.1 Å². The van der Waals surface area contributed by atoms with Crippen molar-refractivity contribution in [1.29, 1.82) is 0 Å². The van der Waals surface area contributed by atoms with Crippen molar-refractivity contribution in [2.45, 2.75) is 206 Å². The summed E-state index contributed by atoms with van der Waals surface area (Å²) >= 11 is 0. The molecule has 0 aromatic rings. The molecular weight excluding hydrogens is 666 g/mol. The first-order valence-electron chi connectivity index (χ1n) is 21.9. The molecule has 0 saturated heterocycles. The van der Waals surface area contributed by atoms with Crippen LogP contribution in [0.5, 0.6) is 0 Å². The Labute approximate surface area is 326 Å². The van der Waals surface area contributed by atoms with Crippen molar-refractivity contribution in [2.24, 2.45) is 0 Å². The number of nitrogens with zero attached hydrogens (tertiary/aromatic N) is 1. The number of esters is 2. The minimum atomic E-state index is -0.877. The number of rotatable bonds is 39. The van der Waals surface area contributed by atoms with Gasteiger partial charge in [0.05, 0.1) is 34.4 Å². The molecule has 0 aliphatic rings. The highest BCUT2D eigenvalue weighted by Crippen LogP contribution is 2.14. The number of carbonyl (C=O) groups is 3. The van der Waals surface area contributed by atoms with Crippen molar-refractivity contribution in [2.75, 3.05) is 41.0 Å². The molecule has 1 N–H and O–H groups in total. The molecule has 8 nitrogen and oxygen atoms in total. The largest absolute Gasteiger partial charge is 0.477 e.